The van der Waals surface area contributed by atoms with Crippen LogP contribution < -0.4 is 5.32 Å². The number of halogens is 1. The van der Waals surface area contributed by atoms with Crippen molar-refractivity contribution in [2.24, 2.45) is 0 Å². The van der Waals surface area contributed by atoms with E-state index >= 15 is 0 Å². The Morgan fingerprint density at radius 3 is 2.62 bits per heavy atom. The molecule has 1 N–H and O–H groups in total. The van der Waals surface area contributed by atoms with Crippen LogP contribution in [0.25, 0.3) is 0 Å². The third-order valence-corrected chi connectivity index (χ3v) is 6.46. The maximum Gasteiger partial charge on any atom is 0.255 e. The molecule has 5 heteroatoms. The lowest BCUT2D eigenvalue weighted by atomic mass is 10.2. The molecule has 2 aromatic rings. The molecule has 21 heavy (non-hydrogen) atoms. The van der Waals surface area contributed by atoms with Crippen molar-refractivity contribution in [3.8, 4) is 0 Å². The maximum atomic E-state index is 12.2. The first-order valence-electron chi connectivity index (χ1n) is 6.62. The van der Waals surface area contributed by atoms with Crippen LogP contribution in [-0.4, -0.2) is 17.4 Å². The molecule has 0 aromatic heterocycles. The van der Waals surface area contributed by atoms with Crippen LogP contribution >= 0.6 is 35.1 Å². The largest absolute Gasteiger partial charge is 0.322 e. The van der Waals surface area contributed by atoms with E-state index in [1.54, 1.807) is 24.3 Å². The number of amides is 1. The molecule has 2 nitrogen and oxygen atoms in total. The highest BCUT2D eigenvalue weighted by Crippen LogP contribution is 2.45. The molecular weight excluding hydrogens is 322 g/mol. The van der Waals surface area contributed by atoms with E-state index in [0.29, 0.717) is 15.2 Å². The van der Waals surface area contributed by atoms with Crippen molar-refractivity contribution in [3.05, 3.63) is 64.7 Å². The number of anilines is 1. The zero-order valence-corrected chi connectivity index (χ0v) is 13.6. The van der Waals surface area contributed by atoms with E-state index in [-0.39, 0.29) is 5.91 Å². The molecular formula is C16H14ClNOS2. The predicted octanol–water partition coefficient (Wildman–Crippen LogP) is 5.07. The minimum Gasteiger partial charge on any atom is -0.322 e. The van der Waals surface area contributed by atoms with Crippen LogP contribution in [0.1, 0.15) is 20.5 Å². The Labute approximate surface area is 137 Å². The zero-order valence-electron chi connectivity index (χ0n) is 11.2. The summed E-state index contributed by atoms with van der Waals surface area (Å²) in [6.07, 6.45) is 0. The Hall–Kier alpha value is -1.10. The fraction of sp³-hybridized carbons (Fsp3) is 0.188. The number of carbonyl (C=O) groups is 1. The molecule has 2 aromatic carbocycles. The number of nitrogens with one attached hydrogen (secondary N) is 1. The third-order valence-electron chi connectivity index (χ3n) is 3.13. The molecule has 0 spiro atoms. The number of rotatable bonds is 3. The summed E-state index contributed by atoms with van der Waals surface area (Å²) >= 11 is 9.83. The molecule has 108 valence electrons. The molecule has 1 aliphatic rings. The van der Waals surface area contributed by atoms with Crippen molar-refractivity contribution in [2.75, 3.05) is 16.8 Å². The number of hydrogen-bond acceptors (Lipinski definition) is 3. The van der Waals surface area contributed by atoms with Crippen LogP contribution in [0.15, 0.2) is 48.5 Å². The molecule has 1 amide bonds. The van der Waals surface area contributed by atoms with Gasteiger partial charge in [0.15, 0.2) is 0 Å². The van der Waals surface area contributed by atoms with Crippen LogP contribution in [-0.2, 0) is 0 Å². The monoisotopic (exact) mass is 335 g/mol. The lowest BCUT2D eigenvalue weighted by Crippen LogP contribution is -2.11. The van der Waals surface area contributed by atoms with Crippen molar-refractivity contribution < 1.29 is 4.79 Å². The molecule has 1 aliphatic heterocycles. The minimum absolute atomic E-state index is 0.138. The van der Waals surface area contributed by atoms with Crippen molar-refractivity contribution in [3.63, 3.8) is 0 Å². The van der Waals surface area contributed by atoms with Gasteiger partial charge in [-0.2, -0.15) is 0 Å². The standard InChI is InChI=1S/C16H14ClNOS2/c17-13-5-1-3-11(9-13)15(19)18-14-6-2-4-12(10-14)16-20-7-8-21-16/h1-6,9-10,16H,7-8H2,(H,18,19). The predicted molar refractivity (Wildman–Crippen MR) is 93.5 cm³/mol. The van der Waals surface area contributed by atoms with Crippen LogP contribution in [0.5, 0.6) is 0 Å². The first kappa shape index (κ1) is 14.8. The second-order valence-corrected chi connectivity index (χ2v) is 7.82. The second kappa shape index (κ2) is 6.77. The van der Waals surface area contributed by atoms with Gasteiger partial charge in [0.1, 0.15) is 0 Å². The summed E-state index contributed by atoms with van der Waals surface area (Å²) in [5.41, 5.74) is 2.65. The van der Waals surface area contributed by atoms with Crippen LogP contribution in [0.3, 0.4) is 0 Å². The average molecular weight is 336 g/mol. The van der Waals surface area contributed by atoms with Crippen LogP contribution in [0.2, 0.25) is 5.02 Å². The summed E-state index contributed by atoms with van der Waals surface area (Å²) in [5, 5.41) is 3.50. The van der Waals surface area contributed by atoms with Crippen LogP contribution in [0, 0.1) is 0 Å². The zero-order chi connectivity index (χ0) is 14.7. The van der Waals surface area contributed by atoms with Gasteiger partial charge >= 0.3 is 0 Å². The van der Waals surface area contributed by atoms with Gasteiger partial charge in [-0.3, -0.25) is 4.79 Å². The maximum absolute atomic E-state index is 12.2. The summed E-state index contributed by atoms with van der Waals surface area (Å²) in [4.78, 5) is 12.2. The lowest BCUT2D eigenvalue weighted by molar-refractivity contribution is 0.102. The van der Waals surface area contributed by atoms with Crippen LogP contribution in [0.4, 0.5) is 5.69 Å². The van der Waals surface area contributed by atoms with E-state index < -0.39 is 0 Å². The second-order valence-electron chi connectivity index (χ2n) is 4.66. The summed E-state index contributed by atoms with van der Waals surface area (Å²) in [6.45, 7) is 0. The van der Waals surface area contributed by atoms with E-state index in [4.69, 9.17) is 11.6 Å². The van der Waals surface area contributed by atoms with E-state index in [1.165, 1.54) is 17.1 Å². The van der Waals surface area contributed by atoms with E-state index in [0.717, 1.165) is 5.69 Å². The SMILES string of the molecule is O=C(Nc1cccc(C2SCCS2)c1)c1cccc(Cl)c1. The fourth-order valence-electron chi connectivity index (χ4n) is 2.15. The van der Waals surface area contributed by atoms with Gasteiger partial charge in [-0.25, -0.2) is 0 Å². The number of benzene rings is 2. The quantitative estimate of drug-likeness (QED) is 0.849. The highest BCUT2D eigenvalue weighted by molar-refractivity contribution is 8.19. The van der Waals surface area contributed by atoms with Crippen molar-refractivity contribution in [1.82, 2.24) is 0 Å². The molecule has 0 atom stereocenters. The first-order chi connectivity index (χ1) is 10.2. The molecule has 1 heterocycles. The topological polar surface area (TPSA) is 29.1 Å². The average Bonchev–Trinajstić information content (AvgIpc) is 3.02. The van der Waals surface area contributed by atoms with Crippen molar-refractivity contribution in [2.45, 2.75) is 4.58 Å². The van der Waals surface area contributed by atoms with E-state index in [2.05, 4.69) is 17.4 Å². The summed E-state index contributed by atoms with van der Waals surface area (Å²) < 4.78 is 0.480. The Morgan fingerprint density at radius 1 is 1.10 bits per heavy atom. The molecule has 0 saturated carbocycles. The summed E-state index contributed by atoms with van der Waals surface area (Å²) in [5.74, 6) is 2.24. The summed E-state index contributed by atoms with van der Waals surface area (Å²) in [7, 11) is 0. The fourth-order valence-corrected chi connectivity index (χ4v) is 5.18. The van der Waals surface area contributed by atoms with Gasteiger partial charge in [0, 0.05) is 27.8 Å². The molecule has 0 bridgehead atoms. The lowest BCUT2D eigenvalue weighted by Gasteiger charge is -2.11. The number of thioether (sulfide) groups is 2. The van der Waals surface area contributed by atoms with Gasteiger partial charge < -0.3 is 5.32 Å². The molecule has 3 rings (SSSR count). The van der Waals surface area contributed by atoms with Gasteiger partial charge in [0.25, 0.3) is 5.91 Å². The van der Waals surface area contributed by atoms with Crippen molar-refractivity contribution >= 4 is 46.7 Å². The molecule has 1 fully saturated rings. The highest BCUT2D eigenvalue weighted by atomic mass is 35.5. The molecule has 0 radical (unpaired) electrons. The smallest absolute Gasteiger partial charge is 0.255 e. The van der Waals surface area contributed by atoms with Gasteiger partial charge in [0.05, 0.1) is 4.58 Å². The molecule has 1 saturated heterocycles. The van der Waals surface area contributed by atoms with Crippen molar-refractivity contribution in [1.29, 1.82) is 0 Å². The first-order valence-corrected chi connectivity index (χ1v) is 9.10. The normalized spacial score (nSPS) is 15.1. The number of hydrogen-bond donors (Lipinski definition) is 1. The summed E-state index contributed by atoms with van der Waals surface area (Å²) in [6, 6.07) is 15.0. The van der Waals surface area contributed by atoms with E-state index in [9.17, 15) is 4.79 Å². The molecule has 0 aliphatic carbocycles. The van der Waals surface area contributed by atoms with E-state index in [1.807, 2.05) is 35.7 Å². The number of carbonyl (C=O) groups excluding carboxylic acids is 1. The Morgan fingerprint density at radius 2 is 1.86 bits per heavy atom. The van der Waals surface area contributed by atoms with Gasteiger partial charge in [-0.15, -0.1) is 23.5 Å². The van der Waals surface area contributed by atoms with Gasteiger partial charge in [-0.05, 0) is 35.9 Å². The van der Waals surface area contributed by atoms with Gasteiger partial charge in [0.2, 0.25) is 0 Å². The Bertz CT molecular complexity index is 656. The Balaban J connectivity index is 1.75. The highest BCUT2D eigenvalue weighted by Gasteiger charge is 2.18. The molecule has 0 unspecified atom stereocenters. The minimum atomic E-state index is -0.138. The Kier molecular flexibility index (Phi) is 4.78. The van der Waals surface area contributed by atoms with Gasteiger partial charge in [-0.1, -0.05) is 29.8 Å². The third kappa shape index (κ3) is 3.76.